The molecule has 0 aliphatic carbocycles. The van der Waals surface area contributed by atoms with Crippen molar-refractivity contribution in [2.45, 2.75) is 6.92 Å². The lowest BCUT2D eigenvalue weighted by Crippen LogP contribution is -2.18. The standard InChI is InChI=1S/C13H17ClN6O/c1-8(9(2)20(4)16-3)17-13(15)19-11-7-6-10(21-5)12(14)18-11/h6-7H,2-3H2,1,4-5H3,(H2,15,18,19). The zero-order valence-electron chi connectivity index (χ0n) is 12.2. The van der Waals surface area contributed by atoms with Crippen LogP contribution in [-0.4, -0.2) is 42.5 Å². The number of allylic oxidation sites excluding steroid dienone is 1. The quantitative estimate of drug-likeness (QED) is 0.391. The lowest BCUT2D eigenvalue weighted by Gasteiger charge is -2.14. The van der Waals surface area contributed by atoms with Gasteiger partial charge in [0, 0.05) is 13.8 Å². The van der Waals surface area contributed by atoms with Gasteiger partial charge in [-0.25, -0.2) is 9.98 Å². The van der Waals surface area contributed by atoms with E-state index in [4.69, 9.17) is 22.1 Å². The minimum absolute atomic E-state index is 0.0276. The van der Waals surface area contributed by atoms with Crippen LogP contribution in [-0.2, 0) is 0 Å². The molecule has 0 saturated carbocycles. The number of guanidine groups is 1. The summed E-state index contributed by atoms with van der Waals surface area (Å²) in [5.74, 6) is 0.816. The molecule has 0 fully saturated rings. The molecular weight excluding hydrogens is 292 g/mol. The summed E-state index contributed by atoms with van der Waals surface area (Å²) in [5, 5.41) is 5.39. The molecule has 0 atom stereocenters. The molecule has 1 aromatic rings. The van der Waals surface area contributed by atoms with Crippen molar-refractivity contribution < 1.29 is 4.74 Å². The monoisotopic (exact) mass is 308 g/mol. The molecule has 0 aliphatic heterocycles. The molecule has 8 heteroatoms. The van der Waals surface area contributed by atoms with Gasteiger partial charge in [0.2, 0.25) is 5.96 Å². The lowest BCUT2D eigenvalue weighted by molar-refractivity contribution is 0.413. The van der Waals surface area contributed by atoms with Crippen LogP contribution in [0.15, 0.2) is 39.5 Å². The average molecular weight is 309 g/mol. The number of nitrogens with two attached hydrogens (primary N) is 1. The Morgan fingerprint density at radius 2 is 2.14 bits per heavy atom. The predicted molar refractivity (Wildman–Crippen MR) is 86.6 cm³/mol. The number of aliphatic imine (C=N–C) groups is 2. The van der Waals surface area contributed by atoms with E-state index in [1.165, 1.54) is 12.1 Å². The van der Waals surface area contributed by atoms with Gasteiger partial charge in [0.05, 0.1) is 18.5 Å². The maximum atomic E-state index is 5.91. The highest BCUT2D eigenvalue weighted by molar-refractivity contribution is 6.30. The minimum atomic E-state index is 0.0276. The van der Waals surface area contributed by atoms with E-state index in [1.807, 2.05) is 0 Å². The highest BCUT2D eigenvalue weighted by atomic mass is 35.5. The summed E-state index contributed by atoms with van der Waals surface area (Å²) in [5.41, 5.74) is 6.87. The van der Waals surface area contributed by atoms with E-state index in [0.29, 0.717) is 23.0 Å². The average Bonchev–Trinajstić information content (AvgIpc) is 2.45. The molecule has 0 saturated heterocycles. The largest absolute Gasteiger partial charge is 0.494 e. The first-order chi connectivity index (χ1) is 9.88. The number of halogens is 1. The summed E-state index contributed by atoms with van der Waals surface area (Å²) < 4.78 is 5.00. The van der Waals surface area contributed by atoms with E-state index in [2.05, 4.69) is 33.4 Å². The Morgan fingerprint density at radius 1 is 1.48 bits per heavy atom. The Morgan fingerprint density at radius 3 is 2.67 bits per heavy atom. The molecule has 0 unspecified atom stereocenters. The molecule has 7 nitrogen and oxygen atoms in total. The highest BCUT2D eigenvalue weighted by Crippen LogP contribution is 2.24. The van der Waals surface area contributed by atoms with E-state index in [0.717, 1.165) is 0 Å². The molecule has 0 amide bonds. The highest BCUT2D eigenvalue weighted by Gasteiger charge is 2.05. The van der Waals surface area contributed by atoms with E-state index in [9.17, 15) is 0 Å². The second kappa shape index (κ2) is 7.39. The van der Waals surface area contributed by atoms with Crippen LogP contribution < -0.4 is 10.5 Å². The van der Waals surface area contributed by atoms with Gasteiger partial charge in [-0.2, -0.15) is 10.1 Å². The topological polar surface area (TPSA) is 88.5 Å². The maximum Gasteiger partial charge on any atom is 0.222 e. The van der Waals surface area contributed by atoms with Crippen LogP contribution >= 0.6 is 11.6 Å². The number of methoxy groups -OCH3 is 1. The Balaban J connectivity index is 2.97. The van der Waals surface area contributed by atoms with E-state index >= 15 is 0 Å². The molecule has 0 aromatic carbocycles. The van der Waals surface area contributed by atoms with Crippen LogP contribution in [0.3, 0.4) is 0 Å². The smallest absolute Gasteiger partial charge is 0.222 e. The van der Waals surface area contributed by atoms with Gasteiger partial charge in [-0.3, -0.25) is 5.01 Å². The molecule has 2 N–H and O–H groups in total. The number of rotatable bonds is 5. The summed E-state index contributed by atoms with van der Waals surface area (Å²) in [6.45, 7) is 8.96. The van der Waals surface area contributed by atoms with Crippen molar-refractivity contribution in [2.24, 2.45) is 20.8 Å². The summed E-state index contributed by atoms with van der Waals surface area (Å²) in [4.78, 5) is 12.2. The Labute approximate surface area is 128 Å². The van der Waals surface area contributed by atoms with Gasteiger partial charge < -0.3 is 10.5 Å². The van der Waals surface area contributed by atoms with Crippen molar-refractivity contribution in [3.05, 3.63) is 29.6 Å². The van der Waals surface area contributed by atoms with Gasteiger partial charge >= 0.3 is 0 Å². The van der Waals surface area contributed by atoms with Crippen molar-refractivity contribution in [1.29, 1.82) is 0 Å². The SMILES string of the molecule is C=NN(C)C(=C)C(C)=NC(N)=Nc1ccc(OC)c(Cl)n1. The number of nitrogens with zero attached hydrogens (tertiary/aromatic N) is 5. The molecular formula is C13H17ClN6O. The Bertz CT molecular complexity index is 611. The zero-order valence-corrected chi connectivity index (χ0v) is 12.9. The maximum absolute atomic E-state index is 5.91. The first-order valence-corrected chi connectivity index (χ1v) is 6.26. The molecule has 0 aliphatic rings. The molecule has 0 radical (unpaired) electrons. The third kappa shape index (κ3) is 4.57. The van der Waals surface area contributed by atoms with Crippen molar-refractivity contribution in [1.82, 2.24) is 9.99 Å². The molecule has 21 heavy (non-hydrogen) atoms. The van der Waals surface area contributed by atoms with Crippen molar-refractivity contribution in [2.75, 3.05) is 14.2 Å². The van der Waals surface area contributed by atoms with Crippen molar-refractivity contribution in [3.63, 3.8) is 0 Å². The van der Waals surface area contributed by atoms with Crippen LogP contribution in [0.5, 0.6) is 5.75 Å². The molecule has 1 aromatic heterocycles. The second-order valence-electron chi connectivity index (χ2n) is 3.94. The molecule has 1 heterocycles. The number of hydrogen-bond acceptors (Lipinski definition) is 5. The molecule has 112 valence electrons. The number of aromatic nitrogens is 1. The van der Waals surface area contributed by atoms with Crippen LogP contribution in [0.2, 0.25) is 5.15 Å². The number of pyridine rings is 1. The zero-order chi connectivity index (χ0) is 16.0. The number of ether oxygens (including phenoxy) is 1. The number of hydrazone groups is 1. The third-order valence-corrected chi connectivity index (χ3v) is 2.82. The predicted octanol–water partition coefficient (Wildman–Crippen LogP) is 2.21. The fourth-order valence-electron chi connectivity index (χ4n) is 1.32. The molecule has 1 rings (SSSR count). The van der Waals surface area contributed by atoms with Crippen LogP contribution in [0.4, 0.5) is 5.82 Å². The summed E-state index contributed by atoms with van der Waals surface area (Å²) in [6.07, 6.45) is 0. The first kappa shape index (κ1) is 16.6. The van der Waals surface area contributed by atoms with Gasteiger partial charge in [-0.05, 0) is 19.1 Å². The van der Waals surface area contributed by atoms with Gasteiger partial charge in [-0.1, -0.05) is 18.2 Å². The van der Waals surface area contributed by atoms with Crippen molar-refractivity contribution in [3.8, 4) is 5.75 Å². The second-order valence-corrected chi connectivity index (χ2v) is 4.30. The lowest BCUT2D eigenvalue weighted by atomic mass is 10.3. The van der Waals surface area contributed by atoms with Gasteiger partial charge in [-0.15, -0.1) is 0 Å². The fraction of sp³-hybridized carbons (Fsp3) is 0.231. The summed E-state index contributed by atoms with van der Waals surface area (Å²) in [6, 6.07) is 3.26. The van der Waals surface area contributed by atoms with Gasteiger partial charge in [0.25, 0.3) is 0 Å². The third-order valence-electron chi connectivity index (χ3n) is 2.55. The van der Waals surface area contributed by atoms with E-state index in [1.54, 1.807) is 26.1 Å². The molecule has 0 bridgehead atoms. The van der Waals surface area contributed by atoms with E-state index < -0.39 is 0 Å². The molecule has 0 spiro atoms. The van der Waals surface area contributed by atoms with Gasteiger partial charge in [0.15, 0.2) is 16.7 Å². The van der Waals surface area contributed by atoms with E-state index in [-0.39, 0.29) is 11.1 Å². The summed E-state index contributed by atoms with van der Waals surface area (Å²) >= 11 is 5.91. The normalized spacial score (nSPS) is 12.0. The minimum Gasteiger partial charge on any atom is -0.494 e. The van der Waals surface area contributed by atoms with Crippen LogP contribution in [0.1, 0.15) is 6.92 Å². The summed E-state index contributed by atoms with van der Waals surface area (Å²) in [7, 11) is 3.20. The number of hydrogen-bond donors (Lipinski definition) is 1. The van der Waals surface area contributed by atoms with Crippen LogP contribution in [0, 0.1) is 0 Å². The Kier molecular flexibility index (Phi) is 5.86. The Hall–Kier alpha value is -2.41. The first-order valence-electron chi connectivity index (χ1n) is 5.88. The van der Waals surface area contributed by atoms with Gasteiger partial charge in [0.1, 0.15) is 0 Å². The fourth-order valence-corrected chi connectivity index (χ4v) is 1.55. The van der Waals surface area contributed by atoms with Crippen LogP contribution in [0.25, 0.3) is 0 Å². The van der Waals surface area contributed by atoms with Crippen molar-refractivity contribution >= 4 is 35.8 Å².